The molecular weight excluding hydrogens is 259 g/mol. The largest absolute Gasteiger partial charge is 0.445 e. The van der Waals surface area contributed by atoms with Gasteiger partial charge in [0.05, 0.1) is 18.8 Å². The van der Waals surface area contributed by atoms with E-state index in [-0.39, 0.29) is 18.0 Å². The summed E-state index contributed by atoms with van der Waals surface area (Å²) in [6.07, 6.45) is 1.96. The first-order valence-electron chi connectivity index (χ1n) is 6.70. The van der Waals surface area contributed by atoms with E-state index in [2.05, 4.69) is 9.88 Å². The molecule has 0 radical (unpaired) electrons. The Bertz CT molecular complexity index is 582. The van der Waals surface area contributed by atoms with Gasteiger partial charge in [0, 0.05) is 12.6 Å². The molecule has 1 aromatic heterocycles. The number of likely N-dealkylation sites (tertiary alicyclic amines) is 1. The molecule has 20 heavy (non-hydrogen) atoms. The van der Waals surface area contributed by atoms with E-state index in [0.29, 0.717) is 25.4 Å². The molecule has 0 saturated carbocycles. The molecule has 2 heterocycles. The van der Waals surface area contributed by atoms with Crippen LogP contribution in [0.15, 0.2) is 34.9 Å². The minimum Gasteiger partial charge on any atom is -0.445 e. The summed E-state index contributed by atoms with van der Waals surface area (Å²) in [7, 11) is 0. The fraction of sp³-hybridized carbons (Fsp3) is 0.400. The summed E-state index contributed by atoms with van der Waals surface area (Å²) < 4.78 is 18.5. The summed E-state index contributed by atoms with van der Waals surface area (Å²) >= 11 is 0. The topological polar surface area (TPSA) is 49.5 Å². The number of hydrogen-bond donors (Lipinski definition) is 1. The molecule has 1 saturated heterocycles. The Morgan fingerprint density at radius 2 is 2.15 bits per heavy atom. The Labute approximate surface area is 116 Å². The highest BCUT2D eigenvalue weighted by Crippen LogP contribution is 2.33. The van der Waals surface area contributed by atoms with E-state index in [1.54, 1.807) is 18.3 Å². The lowest BCUT2D eigenvalue weighted by atomic mass is 10.0. The molecule has 4 nitrogen and oxygen atoms in total. The van der Waals surface area contributed by atoms with Gasteiger partial charge >= 0.3 is 0 Å². The molecule has 2 aromatic rings. The van der Waals surface area contributed by atoms with Crippen molar-refractivity contribution in [2.75, 3.05) is 6.54 Å². The first kappa shape index (κ1) is 13.3. The summed E-state index contributed by atoms with van der Waals surface area (Å²) in [6, 6.07) is 6.51. The van der Waals surface area contributed by atoms with Gasteiger partial charge in [0.1, 0.15) is 11.6 Å². The number of halogens is 1. The van der Waals surface area contributed by atoms with Crippen LogP contribution in [0.5, 0.6) is 0 Å². The van der Waals surface area contributed by atoms with Gasteiger partial charge in [0.2, 0.25) is 5.89 Å². The SMILES string of the molecule is Cc1cnc(CN2C[C@H](O)C[C@@H]2c2ccc(F)cc2)o1. The zero-order chi connectivity index (χ0) is 14.1. The average molecular weight is 276 g/mol. The second kappa shape index (κ2) is 5.34. The minimum atomic E-state index is -0.374. The van der Waals surface area contributed by atoms with Crippen molar-refractivity contribution in [3.63, 3.8) is 0 Å². The van der Waals surface area contributed by atoms with Gasteiger partial charge in [0.25, 0.3) is 0 Å². The number of nitrogens with zero attached hydrogens (tertiary/aromatic N) is 2. The predicted molar refractivity (Wildman–Crippen MR) is 71.4 cm³/mol. The molecule has 0 bridgehead atoms. The molecule has 2 atom stereocenters. The monoisotopic (exact) mass is 276 g/mol. The number of β-amino-alcohol motifs (C(OH)–C–C–N with tert-alkyl or cyclic N) is 1. The number of oxazole rings is 1. The van der Waals surface area contributed by atoms with Crippen LogP contribution in [0.25, 0.3) is 0 Å². The second-order valence-electron chi connectivity index (χ2n) is 5.25. The molecule has 0 unspecified atom stereocenters. The van der Waals surface area contributed by atoms with E-state index >= 15 is 0 Å². The molecular formula is C15H17FN2O2. The van der Waals surface area contributed by atoms with Gasteiger partial charge in [-0.2, -0.15) is 0 Å². The van der Waals surface area contributed by atoms with E-state index < -0.39 is 0 Å². The minimum absolute atomic E-state index is 0.0674. The van der Waals surface area contributed by atoms with Gasteiger partial charge < -0.3 is 9.52 Å². The highest BCUT2D eigenvalue weighted by atomic mass is 19.1. The van der Waals surface area contributed by atoms with Crippen LogP contribution in [-0.4, -0.2) is 27.6 Å². The third-order valence-corrected chi connectivity index (χ3v) is 3.64. The fourth-order valence-electron chi connectivity index (χ4n) is 2.73. The van der Waals surface area contributed by atoms with Crippen LogP contribution in [0.4, 0.5) is 4.39 Å². The van der Waals surface area contributed by atoms with Gasteiger partial charge in [-0.25, -0.2) is 9.37 Å². The van der Waals surface area contributed by atoms with Crippen molar-refractivity contribution in [3.05, 3.63) is 53.5 Å². The third-order valence-electron chi connectivity index (χ3n) is 3.64. The molecule has 5 heteroatoms. The number of aromatic nitrogens is 1. The highest BCUT2D eigenvalue weighted by molar-refractivity contribution is 5.21. The third kappa shape index (κ3) is 2.73. The Kier molecular flexibility index (Phi) is 3.54. The summed E-state index contributed by atoms with van der Waals surface area (Å²) in [4.78, 5) is 6.31. The summed E-state index contributed by atoms with van der Waals surface area (Å²) in [5.74, 6) is 1.17. The lowest BCUT2D eigenvalue weighted by Gasteiger charge is -2.22. The molecule has 0 spiro atoms. The fourth-order valence-corrected chi connectivity index (χ4v) is 2.73. The van der Waals surface area contributed by atoms with E-state index in [1.807, 2.05) is 6.92 Å². The summed E-state index contributed by atoms with van der Waals surface area (Å²) in [5.41, 5.74) is 1.01. The van der Waals surface area contributed by atoms with Crippen LogP contribution >= 0.6 is 0 Å². The van der Waals surface area contributed by atoms with E-state index in [4.69, 9.17) is 4.42 Å². The van der Waals surface area contributed by atoms with Gasteiger partial charge in [0.15, 0.2) is 0 Å². The van der Waals surface area contributed by atoms with Crippen LogP contribution in [0.3, 0.4) is 0 Å². The van der Waals surface area contributed by atoms with Gasteiger partial charge in [-0.05, 0) is 31.0 Å². The van der Waals surface area contributed by atoms with Crippen LogP contribution in [0.1, 0.15) is 29.7 Å². The molecule has 0 aliphatic carbocycles. The molecule has 1 aliphatic rings. The molecule has 1 aliphatic heterocycles. The molecule has 1 N–H and O–H groups in total. The Balaban J connectivity index is 1.79. The van der Waals surface area contributed by atoms with Crippen molar-refractivity contribution in [2.24, 2.45) is 0 Å². The van der Waals surface area contributed by atoms with Gasteiger partial charge in [-0.1, -0.05) is 12.1 Å². The van der Waals surface area contributed by atoms with E-state index in [9.17, 15) is 9.50 Å². The Morgan fingerprint density at radius 1 is 1.40 bits per heavy atom. The summed E-state index contributed by atoms with van der Waals surface area (Å²) in [5, 5.41) is 9.90. The van der Waals surface area contributed by atoms with Crippen LogP contribution < -0.4 is 0 Å². The second-order valence-corrected chi connectivity index (χ2v) is 5.25. The molecule has 1 aromatic carbocycles. The first-order chi connectivity index (χ1) is 9.61. The van der Waals surface area contributed by atoms with E-state index in [0.717, 1.165) is 11.3 Å². The summed E-state index contributed by atoms with van der Waals surface area (Å²) in [6.45, 7) is 2.98. The number of rotatable bonds is 3. The zero-order valence-corrected chi connectivity index (χ0v) is 11.3. The average Bonchev–Trinajstić information content (AvgIpc) is 2.97. The quantitative estimate of drug-likeness (QED) is 0.935. The highest BCUT2D eigenvalue weighted by Gasteiger charge is 2.32. The van der Waals surface area contributed by atoms with E-state index in [1.165, 1.54) is 12.1 Å². The maximum absolute atomic E-state index is 13.0. The van der Waals surface area contributed by atoms with Crippen molar-refractivity contribution >= 4 is 0 Å². The number of benzene rings is 1. The number of aliphatic hydroxyl groups excluding tert-OH is 1. The van der Waals surface area contributed by atoms with Crippen molar-refractivity contribution in [1.82, 2.24) is 9.88 Å². The molecule has 1 fully saturated rings. The van der Waals surface area contributed by atoms with Crippen LogP contribution in [0, 0.1) is 12.7 Å². The van der Waals surface area contributed by atoms with Crippen LogP contribution in [-0.2, 0) is 6.54 Å². The Morgan fingerprint density at radius 3 is 2.80 bits per heavy atom. The smallest absolute Gasteiger partial charge is 0.208 e. The lowest BCUT2D eigenvalue weighted by molar-refractivity contribution is 0.167. The number of aryl methyl sites for hydroxylation is 1. The van der Waals surface area contributed by atoms with Crippen molar-refractivity contribution in [2.45, 2.75) is 32.0 Å². The molecule has 3 rings (SSSR count). The van der Waals surface area contributed by atoms with Gasteiger partial charge in [-0.3, -0.25) is 4.90 Å². The normalized spacial score (nSPS) is 23.4. The van der Waals surface area contributed by atoms with Gasteiger partial charge in [-0.15, -0.1) is 0 Å². The Hall–Kier alpha value is -1.72. The predicted octanol–water partition coefficient (Wildman–Crippen LogP) is 2.43. The molecule has 106 valence electrons. The van der Waals surface area contributed by atoms with Crippen molar-refractivity contribution in [1.29, 1.82) is 0 Å². The van der Waals surface area contributed by atoms with Crippen molar-refractivity contribution in [3.8, 4) is 0 Å². The van der Waals surface area contributed by atoms with Crippen LogP contribution in [0.2, 0.25) is 0 Å². The first-order valence-corrected chi connectivity index (χ1v) is 6.70. The number of hydrogen-bond acceptors (Lipinski definition) is 4. The molecule has 0 amide bonds. The number of aliphatic hydroxyl groups is 1. The standard InChI is InChI=1S/C15H17FN2O2/c1-10-7-17-15(20-10)9-18-8-13(19)6-14(18)11-2-4-12(16)5-3-11/h2-5,7,13-14,19H,6,8-9H2,1H3/t13-,14-/m1/s1. The lowest BCUT2D eigenvalue weighted by Crippen LogP contribution is -2.24. The van der Waals surface area contributed by atoms with Crippen molar-refractivity contribution < 1.29 is 13.9 Å². The maximum atomic E-state index is 13.0. The zero-order valence-electron chi connectivity index (χ0n) is 11.3. The maximum Gasteiger partial charge on any atom is 0.208 e.